The maximum absolute atomic E-state index is 13.8. The van der Waals surface area contributed by atoms with Gasteiger partial charge in [0.05, 0.1) is 21.3 Å². The van der Waals surface area contributed by atoms with Crippen LogP contribution in [-0.2, 0) is 4.79 Å². The highest BCUT2D eigenvalue weighted by atomic mass is 35.5. The quantitative estimate of drug-likeness (QED) is 0.265. The van der Waals surface area contributed by atoms with Crippen molar-refractivity contribution in [3.05, 3.63) is 86.9 Å². The van der Waals surface area contributed by atoms with Gasteiger partial charge in [0.15, 0.2) is 0 Å². The Kier molecular flexibility index (Phi) is 8.08. The van der Waals surface area contributed by atoms with Crippen LogP contribution in [-0.4, -0.2) is 39.4 Å². The lowest BCUT2D eigenvalue weighted by Crippen LogP contribution is -2.40. The summed E-state index contributed by atoms with van der Waals surface area (Å²) in [4.78, 5) is 32.8. The predicted octanol–water partition coefficient (Wildman–Crippen LogP) is 6.78. The lowest BCUT2D eigenvalue weighted by atomic mass is 10.2. The minimum absolute atomic E-state index is 0.0591. The van der Waals surface area contributed by atoms with Crippen molar-refractivity contribution in [3.8, 4) is 16.9 Å². The molecule has 0 aliphatic rings. The molecule has 0 bridgehead atoms. The number of imidazole rings is 1. The van der Waals surface area contributed by atoms with Crippen molar-refractivity contribution in [3.63, 3.8) is 0 Å². The maximum atomic E-state index is 13.8. The van der Waals surface area contributed by atoms with E-state index >= 15 is 0 Å². The first-order valence-electron chi connectivity index (χ1n) is 11.1. The molecule has 1 N–H and O–H groups in total. The van der Waals surface area contributed by atoms with Crippen LogP contribution < -0.4 is 5.32 Å². The molecule has 6 nitrogen and oxygen atoms in total. The normalized spacial score (nSPS) is 11.1. The number of rotatable bonds is 8. The summed E-state index contributed by atoms with van der Waals surface area (Å²) in [5.41, 5.74) is 1.85. The Morgan fingerprint density at radius 3 is 2.53 bits per heavy atom. The molecule has 0 aliphatic heterocycles. The molecular formula is C26H23Cl2FN4O2S. The second-order valence-electron chi connectivity index (χ2n) is 8.53. The highest BCUT2D eigenvalue weighted by molar-refractivity contribution is 7.12. The second kappa shape index (κ2) is 11.2. The molecule has 0 atom stereocenters. The summed E-state index contributed by atoms with van der Waals surface area (Å²) < 4.78 is 15.4. The predicted molar refractivity (Wildman–Crippen MR) is 143 cm³/mol. The van der Waals surface area contributed by atoms with Crippen LogP contribution in [0, 0.1) is 11.7 Å². The topological polar surface area (TPSA) is 67.2 Å². The number of nitrogens with one attached hydrogen (secondary N) is 1. The van der Waals surface area contributed by atoms with E-state index in [1.807, 2.05) is 31.4 Å². The number of hydrogen-bond acceptors (Lipinski definition) is 4. The van der Waals surface area contributed by atoms with Crippen LogP contribution in [0.15, 0.2) is 66.2 Å². The Morgan fingerprint density at radius 2 is 1.89 bits per heavy atom. The Balaban J connectivity index is 1.64. The van der Waals surface area contributed by atoms with E-state index in [-0.39, 0.29) is 29.3 Å². The van der Waals surface area contributed by atoms with Gasteiger partial charge in [0.2, 0.25) is 11.9 Å². The largest absolute Gasteiger partial charge is 0.328 e. The van der Waals surface area contributed by atoms with Gasteiger partial charge >= 0.3 is 0 Å². The monoisotopic (exact) mass is 544 g/mol. The molecule has 2 aromatic heterocycles. The minimum Gasteiger partial charge on any atom is -0.328 e. The van der Waals surface area contributed by atoms with Gasteiger partial charge in [-0.15, -0.1) is 11.3 Å². The molecule has 0 unspecified atom stereocenters. The third-order valence-electron chi connectivity index (χ3n) is 5.22. The average molecular weight is 545 g/mol. The fourth-order valence-corrected chi connectivity index (χ4v) is 4.61. The zero-order valence-corrected chi connectivity index (χ0v) is 21.9. The molecule has 186 valence electrons. The van der Waals surface area contributed by atoms with Crippen LogP contribution in [0.4, 0.5) is 10.3 Å². The van der Waals surface area contributed by atoms with Gasteiger partial charge in [0.25, 0.3) is 5.91 Å². The SMILES string of the molecule is CC(C)CN(CC(=O)Nc1nc(-c2ccc(Cl)cc2)cn1-c1ccc(F)c(Cl)c1)C(=O)c1cccs1. The molecule has 2 amide bonds. The van der Waals surface area contributed by atoms with E-state index in [2.05, 4.69) is 10.3 Å². The van der Waals surface area contributed by atoms with E-state index in [9.17, 15) is 14.0 Å². The highest BCUT2D eigenvalue weighted by Crippen LogP contribution is 2.27. The molecular weight excluding hydrogens is 522 g/mol. The van der Waals surface area contributed by atoms with Crippen molar-refractivity contribution in [2.75, 3.05) is 18.4 Å². The van der Waals surface area contributed by atoms with Crippen molar-refractivity contribution < 1.29 is 14.0 Å². The number of amides is 2. The third kappa shape index (κ3) is 6.13. The van der Waals surface area contributed by atoms with Crippen LogP contribution in [0.3, 0.4) is 0 Å². The molecule has 36 heavy (non-hydrogen) atoms. The summed E-state index contributed by atoms with van der Waals surface area (Å²) in [6.45, 7) is 4.23. The number of carbonyl (C=O) groups is 2. The summed E-state index contributed by atoms with van der Waals surface area (Å²) >= 11 is 13.4. The van der Waals surface area contributed by atoms with Gasteiger partial charge in [-0.05, 0) is 47.7 Å². The lowest BCUT2D eigenvalue weighted by molar-refractivity contribution is -0.117. The lowest BCUT2D eigenvalue weighted by Gasteiger charge is -2.23. The molecule has 0 saturated carbocycles. The number of aromatic nitrogens is 2. The summed E-state index contributed by atoms with van der Waals surface area (Å²) in [6.07, 6.45) is 1.71. The molecule has 2 aromatic carbocycles. The van der Waals surface area contributed by atoms with Crippen molar-refractivity contribution >= 4 is 52.3 Å². The van der Waals surface area contributed by atoms with Crippen LogP contribution in [0.5, 0.6) is 0 Å². The Labute approximate surface area is 222 Å². The molecule has 0 radical (unpaired) electrons. The first kappa shape index (κ1) is 25.9. The van der Waals surface area contributed by atoms with Crippen LogP contribution >= 0.6 is 34.5 Å². The number of anilines is 1. The maximum Gasteiger partial charge on any atom is 0.264 e. The number of thiophene rings is 1. The van der Waals surface area contributed by atoms with Gasteiger partial charge < -0.3 is 4.90 Å². The summed E-state index contributed by atoms with van der Waals surface area (Å²) in [5.74, 6) is -0.796. The van der Waals surface area contributed by atoms with Crippen LogP contribution in [0.2, 0.25) is 10.0 Å². The van der Waals surface area contributed by atoms with Gasteiger partial charge in [-0.2, -0.15) is 0 Å². The first-order valence-corrected chi connectivity index (χ1v) is 12.8. The molecule has 4 rings (SSSR count). The molecule has 0 saturated heterocycles. The summed E-state index contributed by atoms with van der Waals surface area (Å²) in [6, 6.07) is 14.9. The first-order chi connectivity index (χ1) is 17.2. The van der Waals surface area contributed by atoms with E-state index in [1.54, 1.807) is 35.0 Å². The van der Waals surface area contributed by atoms with E-state index in [0.29, 0.717) is 27.8 Å². The zero-order chi connectivity index (χ0) is 25.8. The smallest absolute Gasteiger partial charge is 0.264 e. The van der Waals surface area contributed by atoms with Crippen molar-refractivity contribution in [2.24, 2.45) is 5.92 Å². The Bertz CT molecular complexity index is 1370. The second-order valence-corrected chi connectivity index (χ2v) is 10.3. The van der Waals surface area contributed by atoms with Gasteiger partial charge in [-0.3, -0.25) is 19.5 Å². The number of halogens is 3. The summed E-state index contributed by atoms with van der Waals surface area (Å²) in [7, 11) is 0. The number of benzene rings is 2. The molecule has 0 aliphatic carbocycles. The van der Waals surface area contributed by atoms with Gasteiger partial charge in [-0.1, -0.05) is 55.2 Å². The summed E-state index contributed by atoms with van der Waals surface area (Å²) in [5, 5.41) is 5.15. The van der Waals surface area contributed by atoms with E-state index in [4.69, 9.17) is 23.2 Å². The fourth-order valence-electron chi connectivity index (χ4n) is 3.61. The van der Waals surface area contributed by atoms with Crippen LogP contribution in [0.1, 0.15) is 23.5 Å². The number of hydrogen-bond donors (Lipinski definition) is 1. The average Bonchev–Trinajstić information content (AvgIpc) is 3.51. The molecule has 0 spiro atoms. The van der Waals surface area contributed by atoms with E-state index in [1.165, 1.54) is 34.4 Å². The zero-order valence-electron chi connectivity index (χ0n) is 19.5. The minimum atomic E-state index is -0.555. The van der Waals surface area contributed by atoms with E-state index in [0.717, 1.165) is 5.56 Å². The van der Waals surface area contributed by atoms with Gasteiger partial charge in [0, 0.05) is 23.3 Å². The standard InChI is InChI=1S/C26H23Cl2FN4O2S/c1-16(2)13-32(25(35)23-4-3-11-36-23)15-24(34)31-26-30-22(17-5-7-18(27)8-6-17)14-33(26)19-9-10-21(29)20(28)12-19/h3-12,14,16H,13,15H2,1-2H3,(H,30,31,34). The highest BCUT2D eigenvalue weighted by Gasteiger charge is 2.22. The molecule has 2 heterocycles. The molecule has 10 heteroatoms. The van der Waals surface area contributed by atoms with Crippen molar-refractivity contribution in [2.45, 2.75) is 13.8 Å². The number of nitrogens with zero attached hydrogens (tertiary/aromatic N) is 3. The Hall–Kier alpha value is -3.20. The third-order valence-corrected chi connectivity index (χ3v) is 6.62. The van der Waals surface area contributed by atoms with Gasteiger partial charge in [0.1, 0.15) is 12.4 Å². The molecule has 0 fully saturated rings. The Morgan fingerprint density at radius 1 is 1.14 bits per heavy atom. The van der Waals surface area contributed by atoms with Crippen LogP contribution in [0.25, 0.3) is 16.9 Å². The fraction of sp³-hybridized carbons (Fsp3) is 0.192. The van der Waals surface area contributed by atoms with Crippen molar-refractivity contribution in [1.29, 1.82) is 0 Å². The van der Waals surface area contributed by atoms with Crippen molar-refractivity contribution in [1.82, 2.24) is 14.5 Å². The van der Waals surface area contributed by atoms with Gasteiger partial charge in [-0.25, -0.2) is 9.37 Å². The molecule has 4 aromatic rings. The number of carbonyl (C=O) groups excluding carboxylic acids is 2. The van der Waals surface area contributed by atoms with E-state index < -0.39 is 11.7 Å².